The lowest BCUT2D eigenvalue weighted by Crippen LogP contribution is -2.41. The number of rotatable bonds is 9. The van der Waals surface area contributed by atoms with Crippen LogP contribution in [0.2, 0.25) is 0 Å². The van der Waals surface area contributed by atoms with Gasteiger partial charge in [0, 0.05) is 18.6 Å². The van der Waals surface area contributed by atoms with Crippen molar-refractivity contribution < 1.29 is 9.47 Å². The summed E-state index contributed by atoms with van der Waals surface area (Å²) in [7, 11) is 0. The van der Waals surface area contributed by atoms with Crippen LogP contribution in [0.3, 0.4) is 0 Å². The van der Waals surface area contributed by atoms with E-state index in [-0.39, 0.29) is 0 Å². The van der Waals surface area contributed by atoms with Crippen LogP contribution in [0.1, 0.15) is 46.5 Å². The van der Waals surface area contributed by atoms with Crippen LogP contribution in [-0.4, -0.2) is 38.5 Å². The Bertz CT molecular complexity index is 181. The third-order valence-corrected chi connectivity index (χ3v) is 3.45. The molecule has 0 amide bonds. The second-order valence-electron chi connectivity index (χ2n) is 5.12. The zero-order chi connectivity index (χ0) is 12.5. The molecule has 1 saturated heterocycles. The summed E-state index contributed by atoms with van der Waals surface area (Å²) in [5.41, 5.74) is 0. The predicted molar refractivity (Wildman–Crippen MR) is 71.3 cm³/mol. The first kappa shape index (κ1) is 14.9. The second kappa shape index (κ2) is 8.90. The molecule has 0 bridgehead atoms. The summed E-state index contributed by atoms with van der Waals surface area (Å²) < 4.78 is 11.4. The van der Waals surface area contributed by atoms with Crippen molar-refractivity contribution in [2.24, 2.45) is 5.92 Å². The molecule has 17 heavy (non-hydrogen) atoms. The molecule has 0 aromatic carbocycles. The zero-order valence-corrected chi connectivity index (χ0v) is 11.7. The summed E-state index contributed by atoms with van der Waals surface area (Å²) >= 11 is 0. The molecule has 1 aliphatic heterocycles. The topological polar surface area (TPSA) is 30.5 Å². The summed E-state index contributed by atoms with van der Waals surface area (Å²) in [4.78, 5) is 0. The summed E-state index contributed by atoms with van der Waals surface area (Å²) in [6.45, 7) is 10.3. The van der Waals surface area contributed by atoms with Crippen LogP contribution in [0, 0.1) is 5.92 Å². The van der Waals surface area contributed by atoms with Crippen LogP contribution in [0.15, 0.2) is 0 Å². The SMILES string of the molecule is CCCNC(COC(C)CCC)C1CCOC1. The van der Waals surface area contributed by atoms with Crippen LogP contribution in [0.25, 0.3) is 0 Å². The lowest BCUT2D eigenvalue weighted by atomic mass is 9.99. The second-order valence-corrected chi connectivity index (χ2v) is 5.12. The molecule has 3 nitrogen and oxygen atoms in total. The van der Waals surface area contributed by atoms with Gasteiger partial charge in [-0.15, -0.1) is 0 Å². The van der Waals surface area contributed by atoms with Gasteiger partial charge in [0.15, 0.2) is 0 Å². The summed E-state index contributed by atoms with van der Waals surface area (Å²) in [5.74, 6) is 0.635. The van der Waals surface area contributed by atoms with Gasteiger partial charge in [0.05, 0.1) is 19.3 Å². The Balaban J connectivity index is 2.29. The third-order valence-electron chi connectivity index (χ3n) is 3.45. The van der Waals surface area contributed by atoms with Crippen molar-refractivity contribution in [1.29, 1.82) is 0 Å². The fraction of sp³-hybridized carbons (Fsp3) is 1.00. The number of nitrogens with one attached hydrogen (secondary N) is 1. The molecular weight excluding hydrogens is 214 g/mol. The van der Waals surface area contributed by atoms with Gasteiger partial charge in [-0.2, -0.15) is 0 Å². The Hall–Kier alpha value is -0.120. The fourth-order valence-electron chi connectivity index (χ4n) is 2.32. The number of hydrogen-bond acceptors (Lipinski definition) is 3. The third kappa shape index (κ3) is 5.84. The molecule has 1 aliphatic rings. The number of ether oxygens (including phenoxy) is 2. The minimum Gasteiger partial charge on any atom is -0.381 e. The minimum atomic E-state index is 0.383. The zero-order valence-electron chi connectivity index (χ0n) is 11.7. The molecule has 0 aliphatic carbocycles. The van der Waals surface area contributed by atoms with Crippen LogP contribution in [0.5, 0.6) is 0 Å². The Morgan fingerprint density at radius 3 is 2.76 bits per heavy atom. The molecule has 0 saturated carbocycles. The highest BCUT2D eigenvalue weighted by Gasteiger charge is 2.25. The summed E-state index contributed by atoms with van der Waals surface area (Å²) in [5, 5.41) is 3.60. The molecule has 0 radical (unpaired) electrons. The van der Waals surface area contributed by atoms with Gasteiger partial charge in [0.2, 0.25) is 0 Å². The molecule has 1 rings (SSSR count). The van der Waals surface area contributed by atoms with Crippen molar-refractivity contribution in [3.8, 4) is 0 Å². The van der Waals surface area contributed by atoms with Crippen molar-refractivity contribution in [2.75, 3.05) is 26.4 Å². The van der Waals surface area contributed by atoms with Crippen LogP contribution < -0.4 is 5.32 Å². The smallest absolute Gasteiger partial charge is 0.0626 e. The molecule has 1 heterocycles. The maximum Gasteiger partial charge on any atom is 0.0626 e. The molecule has 102 valence electrons. The first-order valence-corrected chi connectivity index (χ1v) is 7.20. The average Bonchev–Trinajstić information content (AvgIpc) is 2.83. The van der Waals surface area contributed by atoms with Gasteiger partial charge in [-0.05, 0) is 32.7 Å². The maximum absolute atomic E-state index is 5.94. The van der Waals surface area contributed by atoms with Gasteiger partial charge >= 0.3 is 0 Å². The van der Waals surface area contributed by atoms with Gasteiger partial charge in [-0.3, -0.25) is 0 Å². The van der Waals surface area contributed by atoms with Crippen LogP contribution >= 0.6 is 0 Å². The van der Waals surface area contributed by atoms with Crippen molar-refractivity contribution in [3.63, 3.8) is 0 Å². The van der Waals surface area contributed by atoms with Crippen molar-refractivity contribution >= 4 is 0 Å². The molecule has 1 fully saturated rings. The minimum absolute atomic E-state index is 0.383. The van der Waals surface area contributed by atoms with E-state index < -0.39 is 0 Å². The lowest BCUT2D eigenvalue weighted by Gasteiger charge is -2.25. The van der Waals surface area contributed by atoms with Crippen molar-refractivity contribution in [2.45, 2.75) is 58.6 Å². The van der Waals surface area contributed by atoms with E-state index >= 15 is 0 Å². The molecule has 3 atom stereocenters. The molecule has 1 N–H and O–H groups in total. The normalized spacial score (nSPS) is 23.8. The first-order valence-electron chi connectivity index (χ1n) is 7.20. The van der Waals surface area contributed by atoms with Gasteiger partial charge in [-0.1, -0.05) is 20.3 Å². The Kier molecular flexibility index (Phi) is 7.82. The highest BCUT2D eigenvalue weighted by molar-refractivity contribution is 4.79. The van der Waals surface area contributed by atoms with E-state index in [0.29, 0.717) is 18.1 Å². The molecule has 3 unspecified atom stereocenters. The van der Waals surface area contributed by atoms with Gasteiger partial charge in [0.25, 0.3) is 0 Å². The lowest BCUT2D eigenvalue weighted by molar-refractivity contribution is 0.0311. The molecular formula is C14H29NO2. The van der Waals surface area contributed by atoms with E-state index in [9.17, 15) is 0 Å². The van der Waals surface area contributed by atoms with E-state index in [0.717, 1.165) is 32.8 Å². The highest BCUT2D eigenvalue weighted by atomic mass is 16.5. The van der Waals surface area contributed by atoms with E-state index in [1.807, 2.05) is 0 Å². The van der Waals surface area contributed by atoms with Gasteiger partial charge < -0.3 is 14.8 Å². The van der Waals surface area contributed by atoms with E-state index in [2.05, 4.69) is 26.1 Å². The average molecular weight is 243 g/mol. The van der Waals surface area contributed by atoms with Crippen LogP contribution in [0.4, 0.5) is 0 Å². The van der Waals surface area contributed by atoms with Gasteiger partial charge in [0.1, 0.15) is 0 Å². The largest absolute Gasteiger partial charge is 0.381 e. The summed E-state index contributed by atoms with van der Waals surface area (Å²) in [6, 6.07) is 0.469. The number of hydrogen-bond donors (Lipinski definition) is 1. The highest BCUT2D eigenvalue weighted by Crippen LogP contribution is 2.18. The fourth-order valence-corrected chi connectivity index (χ4v) is 2.32. The van der Waals surface area contributed by atoms with E-state index in [1.54, 1.807) is 0 Å². The van der Waals surface area contributed by atoms with Gasteiger partial charge in [-0.25, -0.2) is 0 Å². The molecule has 0 spiro atoms. The molecule has 0 aromatic heterocycles. The first-order chi connectivity index (χ1) is 8.27. The van der Waals surface area contributed by atoms with E-state index in [4.69, 9.17) is 9.47 Å². The van der Waals surface area contributed by atoms with E-state index in [1.165, 1.54) is 19.3 Å². The quantitative estimate of drug-likeness (QED) is 0.675. The van der Waals surface area contributed by atoms with Crippen molar-refractivity contribution in [1.82, 2.24) is 5.32 Å². The monoisotopic (exact) mass is 243 g/mol. The molecule has 3 heteroatoms. The molecule has 0 aromatic rings. The Labute approximate surface area is 106 Å². The van der Waals surface area contributed by atoms with Crippen LogP contribution in [-0.2, 0) is 9.47 Å². The Morgan fingerprint density at radius 2 is 2.18 bits per heavy atom. The maximum atomic E-state index is 5.94. The Morgan fingerprint density at radius 1 is 1.35 bits per heavy atom. The van der Waals surface area contributed by atoms with Crippen molar-refractivity contribution in [3.05, 3.63) is 0 Å². The standard InChI is InChI=1S/C14H29NO2/c1-4-6-12(3)17-11-14(15-8-5-2)13-7-9-16-10-13/h12-15H,4-11H2,1-3H3. The summed E-state index contributed by atoms with van der Waals surface area (Å²) in [6.07, 6.45) is 5.08. The predicted octanol–water partition coefficient (Wildman–Crippen LogP) is 2.60.